The van der Waals surface area contributed by atoms with E-state index in [4.69, 9.17) is 0 Å². The summed E-state index contributed by atoms with van der Waals surface area (Å²) >= 11 is 0. The third kappa shape index (κ3) is 4.82. The standard InChI is InChI=1S/C15H18F4N2O2/c1-21-7-3-5-11(9-21)20-13(22)10-4-2-6-12(8-10)23-15(18,19)14(16)17/h2,4,6,8,11,14H,3,5,7,9H2,1H3,(H,20,22)/t11-/m1/s1. The van der Waals surface area contributed by atoms with E-state index < -0.39 is 24.2 Å². The van der Waals surface area contributed by atoms with Crippen LogP contribution in [0.1, 0.15) is 23.2 Å². The van der Waals surface area contributed by atoms with Gasteiger partial charge in [0.05, 0.1) is 0 Å². The molecule has 8 heteroatoms. The first kappa shape index (κ1) is 17.5. The van der Waals surface area contributed by atoms with Crippen molar-refractivity contribution in [2.24, 2.45) is 0 Å². The summed E-state index contributed by atoms with van der Waals surface area (Å²) in [5.41, 5.74) is 0.0841. The molecular weight excluding hydrogens is 316 g/mol. The van der Waals surface area contributed by atoms with Crippen LogP contribution >= 0.6 is 0 Å². The molecule has 128 valence electrons. The molecule has 0 aromatic heterocycles. The van der Waals surface area contributed by atoms with E-state index in [0.717, 1.165) is 31.5 Å². The van der Waals surface area contributed by atoms with E-state index >= 15 is 0 Å². The number of hydrogen-bond donors (Lipinski definition) is 1. The van der Waals surface area contributed by atoms with Gasteiger partial charge in [0.2, 0.25) is 0 Å². The van der Waals surface area contributed by atoms with Crippen molar-refractivity contribution in [2.75, 3.05) is 20.1 Å². The van der Waals surface area contributed by atoms with Gasteiger partial charge in [-0.25, -0.2) is 0 Å². The fourth-order valence-electron chi connectivity index (χ4n) is 2.46. The Morgan fingerprint density at radius 2 is 2.17 bits per heavy atom. The molecule has 1 aliphatic rings. The Labute approximate surface area is 131 Å². The normalized spacial score (nSPS) is 19.7. The topological polar surface area (TPSA) is 41.6 Å². The van der Waals surface area contributed by atoms with Crippen LogP contribution in [-0.2, 0) is 0 Å². The molecule has 0 aliphatic carbocycles. The summed E-state index contributed by atoms with van der Waals surface area (Å²) in [6.45, 7) is 1.66. The fraction of sp³-hybridized carbons (Fsp3) is 0.533. The molecule has 2 rings (SSSR count). The third-order valence-electron chi connectivity index (χ3n) is 3.56. The Hall–Kier alpha value is -1.83. The highest BCUT2D eigenvalue weighted by Crippen LogP contribution is 2.27. The zero-order valence-electron chi connectivity index (χ0n) is 12.6. The molecule has 0 unspecified atom stereocenters. The SMILES string of the molecule is CN1CCC[C@@H](NC(=O)c2cccc(OC(F)(F)C(F)F)c2)C1. The molecule has 0 radical (unpaired) electrons. The summed E-state index contributed by atoms with van der Waals surface area (Å²) < 4.78 is 54.1. The predicted octanol–water partition coefficient (Wildman–Crippen LogP) is 2.75. The highest BCUT2D eigenvalue weighted by Gasteiger charge is 2.44. The number of ether oxygens (including phenoxy) is 1. The van der Waals surface area contributed by atoms with Crippen LogP contribution in [0.25, 0.3) is 0 Å². The summed E-state index contributed by atoms with van der Waals surface area (Å²) in [5, 5.41) is 2.81. The van der Waals surface area contributed by atoms with Gasteiger partial charge in [-0.05, 0) is 44.6 Å². The molecule has 1 aromatic carbocycles. The molecule has 1 heterocycles. The summed E-state index contributed by atoms with van der Waals surface area (Å²) in [5.74, 6) is -0.931. The molecular formula is C15H18F4N2O2. The summed E-state index contributed by atoms with van der Waals surface area (Å²) in [6, 6.07) is 4.81. The predicted molar refractivity (Wildman–Crippen MR) is 76.0 cm³/mol. The van der Waals surface area contributed by atoms with Gasteiger partial charge in [0, 0.05) is 18.2 Å². The number of piperidine rings is 1. The minimum Gasteiger partial charge on any atom is -0.428 e. The lowest BCUT2D eigenvalue weighted by molar-refractivity contribution is -0.253. The maximum absolute atomic E-state index is 12.9. The average Bonchev–Trinajstić information content (AvgIpc) is 2.47. The molecule has 4 nitrogen and oxygen atoms in total. The number of benzene rings is 1. The van der Waals surface area contributed by atoms with Crippen LogP contribution in [0.3, 0.4) is 0 Å². The van der Waals surface area contributed by atoms with E-state index in [2.05, 4.69) is 15.0 Å². The molecule has 0 bridgehead atoms. The van der Waals surface area contributed by atoms with E-state index in [0.29, 0.717) is 6.54 Å². The van der Waals surface area contributed by atoms with E-state index in [1.165, 1.54) is 12.1 Å². The van der Waals surface area contributed by atoms with Crippen molar-refractivity contribution in [1.29, 1.82) is 0 Å². The van der Waals surface area contributed by atoms with Gasteiger partial charge in [0.15, 0.2) is 0 Å². The van der Waals surface area contributed by atoms with Crippen molar-refractivity contribution in [1.82, 2.24) is 10.2 Å². The maximum Gasteiger partial charge on any atom is 0.461 e. The lowest BCUT2D eigenvalue weighted by atomic mass is 10.1. The molecule has 0 spiro atoms. The first-order chi connectivity index (χ1) is 10.8. The van der Waals surface area contributed by atoms with Crippen molar-refractivity contribution in [3.63, 3.8) is 0 Å². The average molecular weight is 334 g/mol. The number of alkyl halides is 4. The number of rotatable bonds is 5. The molecule has 1 saturated heterocycles. The third-order valence-corrected chi connectivity index (χ3v) is 3.56. The minimum atomic E-state index is -4.60. The largest absolute Gasteiger partial charge is 0.461 e. The second kappa shape index (κ2) is 7.16. The Bertz CT molecular complexity index is 554. The highest BCUT2D eigenvalue weighted by atomic mass is 19.3. The van der Waals surface area contributed by atoms with Crippen LogP contribution in [0.15, 0.2) is 24.3 Å². The van der Waals surface area contributed by atoms with Crippen LogP contribution in [0, 0.1) is 0 Å². The zero-order valence-corrected chi connectivity index (χ0v) is 12.6. The number of likely N-dealkylation sites (tertiary alicyclic amines) is 1. The van der Waals surface area contributed by atoms with Crippen molar-refractivity contribution < 1.29 is 27.1 Å². The van der Waals surface area contributed by atoms with Gasteiger partial charge in [-0.3, -0.25) is 4.79 Å². The first-order valence-electron chi connectivity index (χ1n) is 7.22. The Morgan fingerprint density at radius 1 is 1.43 bits per heavy atom. The number of nitrogens with one attached hydrogen (secondary N) is 1. The quantitative estimate of drug-likeness (QED) is 0.842. The number of hydrogen-bond acceptors (Lipinski definition) is 3. The lowest BCUT2D eigenvalue weighted by Gasteiger charge is -2.30. The molecule has 1 N–H and O–H groups in total. The van der Waals surface area contributed by atoms with Crippen molar-refractivity contribution in [3.05, 3.63) is 29.8 Å². The van der Waals surface area contributed by atoms with Crippen LogP contribution in [0.4, 0.5) is 17.6 Å². The second-order valence-electron chi connectivity index (χ2n) is 5.57. The number of carbonyl (C=O) groups is 1. The number of halogens is 4. The monoisotopic (exact) mass is 334 g/mol. The Kier molecular flexibility index (Phi) is 5.46. The molecule has 23 heavy (non-hydrogen) atoms. The number of carbonyl (C=O) groups excluding carboxylic acids is 1. The molecule has 1 aromatic rings. The first-order valence-corrected chi connectivity index (χ1v) is 7.22. The summed E-state index contributed by atoms with van der Waals surface area (Å²) in [7, 11) is 1.94. The second-order valence-corrected chi connectivity index (χ2v) is 5.57. The van der Waals surface area contributed by atoms with E-state index in [-0.39, 0.29) is 11.6 Å². The lowest BCUT2D eigenvalue weighted by Crippen LogP contribution is -2.46. The Morgan fingerprint density at radius 3 is 2.83 bits per heavy atom. The number of likely N-dealkylation sites (N-methyl/N-ethyl adjacent to an activating group) is 1. The van der Waals surface area contributed by atoms with Crippen molar-refractivity contribution >= 4 is 5.91 Å². The fourth-order valence-corrected chi connectivity index (χ4v) is 2.46. The van der Waals surface area contributed by atoms with Gasteiger partial charge in [-0.15, -0.1) is 0 Å². The van der Waals surface area contributed by atoms with Crippen LogP contribution in [0.5, 0.6) is 5.75 Å². The van der Waals surface area contributed by atoms with Gasteiger partial charge in [-0.1, -0.05) is 6.07 Å². The summed E-state index contributed by atoms with van der Waals surface area (Å²) in [6.07, 6.45) is -6.76. The smallest absolute Gasteiger partial charge is 0.428 e. The van der Waals surface area contributed by atoms with E-state index in [9.17, 15) is 22.4 Å². The molecule has 1 fully saturated rings. The van der Waals surface area contributed by atoms with E-state index in [1.807, 2.05) is 7.05 Å². The molecule has 1 atom stereocenters. The van der Waals surface area contributed by atoms with Gasteiger partial charge in [0.1, 0.15) is 5.75 Å². The van der Waals surface area contributed by atoms with Gasteiger partial charge < -0.3 is 15.0 Å². The van der Waals surface area contributed by atoms with Crippen LogP contribution < -0.4 is 10.1 Å². The minimum absolute atomic E-state index is 0.0340. The Balaban J connectivity index is 2.02. The number of nitrogens with zero attached hydrogens (tertiary/aromatic N) is 1. The van der Waals surface area contributed by atoms with Gasteiger partial charge >= 0.3 is 12.5 Å². The highest BCUT2D eigenvalue weighted by molar-refractivity contribution is 5.94. The van der Waals surface area contributed by atoms with E-state index in [1.54, 1.807) is 0 Å². The van der Waals surface area contributed by atoms with Crippen LogP contribution in [0.2, 0.25) is 0 Å². The maximum atomic E-state index is 12.9. The number of amides is 1. The van der Waals surface area contributed by atoms with Crippen LogP contribution in [-0.4, -0.2) is 49.5 Å². The molecule has 0 saturated carbocycles. The zero-order chi connectivity index (χ0) is 17.0. The molecule has 1 amide bonds. The van der Waals surface area contributed by atoms with Gasteiger partial charge in [0.25, 0.3) is 5.91 Å². The summed E-state index contributed by atoms with van der Waals surface area (Å²) in [4.78, 5) is 14.2. The van der Waals surface area contributed by atoms with Crippen molar-refractivity contribution in [3.8, 4) is 5.75 Å². The van der Waals surface area contributed by atoms with Crippen molar-refractivity contribution in [2.45, 2.75) is 31.4 Å². The molecule has 1 aliphatic heterocycles. The van der Waals surface area contributed by atoms with Gasteiger partial charge in [-0.2, -0.15) is 17.6 Å².